The van der Waals surface area contributed by atoms with Crippen molar-refractivity contribution in [3.8, 4) is 0 Å². The fourth-order valence-electron chi connectivity index (χ4n) is 2.00. The van der Waals surface area contributed by atoms with Crippen molar-refractivity contribution in [2.45, 2.75) is 39.5 Å². The van der Waals surface area contributed by atoms with Crippen LogP contribution in [0.3, 0.4) is 0 Å². The van der Waals surface area contributed by atoms with Crippen LogP contribution in [0.4, 0.5) is 0 Å². The summed E-state index contributed by atoms with van der Waals surface area (Å²) >= 11 is 0. The van der Waals surface area contributed by atoms with E-state index in [1.165, 1.54) is 45.3 Å². The standard InChI is InChI=1S/C10H21N/c1-3-7-11-8-5-6-10(4-2)9-11/h10H,3-9H2,1-2H3/t10-/m1/s1. The van der Waals surface area contributed by atoms with Crippen LogP contribution in [-0.4, -0.2) is 24.5 Å². The van der Waals surface area contributed by atoms with Crippen LogP contribution in [0.2, 0.25) is 0 Å². The molecular weight excluding hydrogens is 134 g/mol. The number of nitrogens with zero attached hydrogens (tertiary/aromatic N) is 1. The summed E-state index contributed by atoms with van der Waals surface area (Å²) in [7, 11) is 0. The Morgan fingerprint density at radius 1 is 1.36 bits per heavy atom. The molecule has 1 fully saturated rings. The molecule has 0 spiro atoms. The van der Waals surface area contributed by atoms with Gasteiger partial charge in [-0.05, 0) is 38.3 Å². The molecule has 0 aromatic carbocycles. The molecule has 0 aliphatic carbocycles. The molecule has 1 heterocycles. The molecule has 0 aromatic heterocycles. The Hall–Kier alpha value is -0.0400. The van der Waals surface area contributed by atoms with Crippen molar-refractivity contribution in [3.63, 3.8) is 0 Å². The number of hydrogen-bond donors (Lipinski definition) is 0. The average Bonchev–Trinajstić information content (AvgIpc) is 2.06. The molecule has 11 heavy (non-hydrogen) atoms. The molecule has 0 N–H and O–H groups in total. The maximum Gasteiger partial charge on any atom is 0.000956 e. The second-order valence-corrected chi connectivity index (χ2v) is 3.72. The van der Waals surface area contributed by atoms with E-state index in [4.69, 9.17) is 0 Å². The van der Waals surface area contributed by atoms with Gasteiger partial charge in [0, 0.05) is 6.54 Å². The van der Waals surface area contributed by atoms with Crippen LogP contribution < -0.4 is 0 Å². The van der Waals surface area contributed by atoms with Gasteiger partial charge in [-0.2, -0.15) is 0 Å². The number of rotatable bonds is 3. The molecule has 1 saturated heterocycles. The van der Waals surface area contributed by atoms with Gasteiger partial charge in [0.05, 0.1) is 0 Å². The minimum Gasteiger partial charge on any atom is -0.303 e. The first-order valence-corrected chi connectivity index (χ1v) is 5.09. The molecule has 1 aliphatic heterocycles. The van der Waals surface area contributed by atoms with Crippen LogP contribution >= 0.6 is 0 Å². The van der Waals surface area contributed by atoms with E-state index < -0.39 is 0 Å². The highest BCUT2D eigenvalue weighted by Crippen LogP contribution is 2.18. The minimum absolute atomic E-state index is 0.996. The van der Waals surface area contributed by atoms with Crippen LogP contribution in [0, 0.1) is 5.92 Å². The molecule has 0 saturated carbocycles. The van der Waals surface area contributed by atoms with Crippen molar-refractivity contribution in [1.29, 1.82) is 0 Å². The van der Waals surface area contributed by atoms with Crippen LogP contribution in [0.15, 0.2) is 0 Å². The van der Waals surface area contributed by atoms with Crippen molar-refractivity contribution in [2.24, 2.45) is 5.92 Å². The quantitative estimate of drug-likeness (QED) is 0.605. The summed E-state index contributed by atoms with van der Waals surface area (Å²) in [6, 6.07) is 0. The summed E-state index contributed by atoms with van der Waals surface area (Å²) in [5.74, 6) is 0.996. The maximum absolute atomic E-state index is 2.62. The Bertz CT molecular complexity index is 99.0. The van der Waals surface area contributed by atoms with E-state index in [1.54, 1.807) is 0 Å². The Labute approximate surface area is 70.8 Å². The van der Waals surface area contributed by atoms with Gasteiger partial charge >= 0.3 is 0 Å². The lowest BCUT2D eigenvalue weighted by atomic mass is 9.96. The summed E-state index contributed by atoms with van der Waals surface area (Å²) in [5, 5.41) is 0. The van der Waals surface area contributed by atoms with Crippen molar-refractivity contribution >= 4 is 0 Å². The first-order chi connectivity index (χ1) is 5.36. The second-order valence-electron chi connectivity index (χ2n) is 3.72. The molecule has 66 valence electrons. The van der Waals surface area contributed by atoms with E-state index in [2.05, 4.69) is 18.7 Å². The molecule has 1 atom stereocenters. The van der Waals surface area contributed by atoms with Crippen LogP contribution in [0.1, 0.15) is 39.5 Å². The first-order valence-electron chi connectivity index (χ1n) is 5.09. The van der Waals surface area contributed by atoms with Gasteiger partial charge in [0.1, 0.15) is 0 Å². The van der Waals surface area contributed by atoms with Crippen LogP contribution in [0.5, 0.6) is 0 Å². The molecule has 1 rings (SSSR count). The van der Waals surface area contributed by atoms with Gasteiger partial charge in [0.2, 0.25) is 0 Å². The Kier molecular flexibility index (Phi) is 3.92. The molecule has 0 aromatic rings. The first kappa shape index (κ1) is 9.05. The predicted molar refractivity (Wildman–Crippen MR) is 49.7 cm³/mol. The highest BCUT2D eigenvalue weighted by molar-refractivity contribution is 4.71. The Morgan fingerprint density at radius 3 is 2.82 bits per heavy atom. The maximum atomic E-state index is 2.62. The number of likely N-dealkylation sites (tertiary alicyclic amines) is 1. The monoisotopic (exact) mass is 155 g/mol. The molecule has 1 heteroatoms. The normalized spacial score (nSPS) is 27.3. The van der Waals surface area contributed by atoms with E-state index in [-0.39, 0.29) is 0 Å². The third kappa shape index (κ3) is 2.82. The summed E-state index contributed by atoms with van der Waals surface area (Å²) < 4.78 is 0. The van der Waals surface area contributed by atoms with Gasteiger partial charge in [0.15, 0.2) is 0 Å². The molecule has 1 nitrogen and oxygen atoms in total. The lowest BCUT2D eigenvalue weighted by Gasteiger charge is -2.31. The van der Waals surface area contributed by atoms with E-state index in [9.17, 15) is 0 Å². The van der Waals surface area contributed by atoms with Crippen molar-refractivity contribution in [2.75, 3.05) is 19.6 Å². The smallest absolute Gasteiger partial charge is 0.000956 e. The van der Waals surface area contributed by atoms with Crippen molar-refractivity contribution in [3.05, 3.63) is 0 Å². The van der Waals surface area contributed by atoms with Crippen LogP contribution in [0.25, 0.3) is 0 Å². The number of piperidine rings is 1. The van der Waals surface area contributed by atoms with Gasteiger partial charge < -0.3 is 4.90 Å². The summed E-state index contributed by atoms with van der Waals surface area (Å²) in [6.07, 6.45) is 5.59. The number of hydrogen-bond acceptors (Lipinski definition) is 1. The third-order valence-corrected chi connectivity index (χ3v) is 2.72. The van der Waals surface area contributed by atoms with Crippen molar-refractivity contribution < 1.29 is 0 Å². The SMILES string of the molecule is CCCN1CCC[C@@H](CC)C1. The third-order valence-electron chi connectivity index (χ3n) is 2.72. The van der Waals surface area contributed by atoms with Gasteiger partial charge in [-0.15, -0.1) is 0 Å². The van der Waals surface area contributed by atoms with E-state index >= 15 is 0 Å². The molecule has 0 amide bonds. The summed E-state index contributed by atoms with van der Waals surface area (Å²) in [6.45, 7) is 8.63. The highest BCUT2D eigenvalue weighted by Gasteiger charge is 2.16. The molecule has 0 radical (unpaired) electrons. The van der Waals surface area contributed by atoms with Crippen molar-refractivity contribution in [1.82, 2.24) is 4.90 Å². The van der Waals surface area contributed by atoms with Gasteiger partial charge in [-0.25, -0.2) is 0 Å². The summed E-state index contributed by atoms with van der Waals surface area (Å²) in [4.78, 5) is 2.62. The van der Waals surface area contributed by atoms with Gasteiger partial charge in [0.25, 0.3) is 0 Å². The largest absolute Gasteiger partial charge is 0.303 e. The molecular formula is C10H21N. The van der Waals surface area contributed by atoms with E-state index in [0.717, 1.165) is 5.92 Å². The van der Waals surface area contributed by atoms with E-state index in [0.29, 0.717) is 0 Å². The summed E-state index contributed by atoms with van der Waals surface area (Å²) in [5.41, 5.74) is 0. The fourth-order valence-corrected chi connectivity index (χ4v) is 2.00. The predicted octanol–water partition coefficient (Wildman–Crippen LogP) is 2.52. The molecule has 0 bridgehead atoms. The van der Waals surface area contributed by atoms with Gasteiger partial charge in [-0.3, -0.25) is 0 Å². The Balaban J connectivity index is 2.21. The van der Waals surface area contributed by atoms with E-state index in [1.807, 2.05) is 0 Å². The topological polar surface area (TPSA) is 3.24 Å². The van der Waals surface area contributed by atoms with Gasteiger partial charge in [-0.1, -0.05) is 20.3 Å². The zero-order valence-electron chi connectivity index (χ0n) is 7.97. The van der Waals surface area contributed by atoms with Crippen LogP contribution in [-0.2, 0) is 0 Å². The highest BCUT2D eigenvalue weighted by atomic mass is 15.1. The lowest BCUT2D eigenvalue weighted by molar-refractivity contribution is 0.172. The lowest BCUT2D eigenvalue weighted by Crippen LogP contribution is -2.35. The molecule has 0 unspecified atom stereocenters. The zero-order valence-corrected chi connectivity index (χ0v) is 7.97. The molecule has 1 aliphatic rings. The fraction of sp³-hybridized carbons (Fsp3) is 1.00. The Morgan fingerprint density at radius 2 is 2.18 bits per heavy atom. The second kappa shape index (κ2) is 4.76. The average molecular weight is 155 g/mol. The zero-order chi connectivity index (χ0) is 8.10. The minimum atomic E-state index is 0.996.